The summed E-state index contributed by atoms with van der Waals surface area (Å²) in [5.74, 6) is 2.41. The van der Waals surface area contributed by atoms with Crippen molar-refractivity contribution in [1.82, 2.24) is 14.8 Å². The van der Waals surface area contributed by atoms with Crippen LogP contribution in [0.3, 0.4) is 0 Å². The van der Waals surface area contributed by atoms with Crippen LogP contribution in [0.5, 0.6) is 0 Å². The molecule has 1 aromatic heterocycles. The number of benzene rings is 1. The fourth-order valence-electron chi connectivity index (χ4n) is 4.16. The summed E-state index contributed by atoms with van der Waals surface area (Å²) in [6.07, 6.45) is 4.12. The molecule has 6 heteroatoms. The molecule has 1 atom stereocenters. The number of likely N-dealkylation sites (tertiary alicyclic amines) is 2. The third-order valence-corrected chi connectivity index (χ3v) is 5.86. The van der Waals surface area contributed by atoms with Gasteiger partial charge in [-0.3, -0.25) is 9.69 Å². The average Bonchev–Trinajstić information content (AvgIpc) is 3.22. The SMILES string of the molecule is Cc1oc(-c2ccc(Cl)cc2)nc1CN1CCC[C@@H](CN2CCCC2=O)C1. The van der Waals surface area contributed by atoms with Gasteiger partial charge in [0, 0.05) is 43.2 Å². The van der Waals surface area contributed by atoms with Crippen molar-refractivity contribution >= 4 is 17.5 Å². The summed E-state index contributed by atoms with van der Waals surface area (Å²) in [6.45, 7) is 6.71. The highest BCUT2D eigenvalue weighted by Crippen LogP contribution is 2.26. The van der Waals surface area contributed by atoms with Gasteiger partial charge in [0.25, 0.3) is 0 Å². The van der Waals surface area contributed by atoms with Gasteiger partial charge in [0.1, 0.15) is 5.76 Å². The first-order chi connectivity index (χ1) is 13.1. The molecular weight excluding hydrogens is 362 g/mol. The van der Waals surface area contributed by atoms with E-state index in [2.05, 4.69) is 4.90 Å². The van der Waals surface area contributed by atoms with Gasteiger partial charge in [0.05, 0.1) is 5.69 Å². The molecule has 2 aliphatic heterocycles. The lowest BCUT2D eigenvalue weighted by Crippen LogP contribution is -2.41. The number of oxazole rings is 1. The van der Waals surface area contributed by atoms with Gasteiger partial charge in [-0.1, -0.05) is 11.6 Å². The highest BCUT2D eigenvalue weighted by molar-refractivity contribution is 6.30. The number of aromatic nitrogens is 1. The first-order valence-electron chi connectivity index (χ1n) is 9.81. The number of amides is 1. The summed E-state index contributed by atoms with van der Waals surface area (Å²) in [5.41, 5.74) is 1.94. The zero-order valence-corrected chi connectivity index (χ0v) is 16.5. The number of carbonyl (C=O) groups is 1. The normalized spacial score (nSPS) is 21.2. The fourth-order valence-corrected chi connectivity index (χ4v) is 4.28. The minimum atomic E-state index is 0.326. The van der Waals surface area contributed by atoms with Gasteiger partial charge in [0.15, 0.2) is 0 Å². The average molecular weight is 388 g/mol. The van der Waals surface area contributed by atoms with Crippen molar-refractivity contribution in [3.8, 4) is 11.5 Å². The Hall–Kier alpha value is -1.85. The van der Waals surface area contributed by atoms with Crippen molar-refractivity contribution in [3.05, 3.63) is 40.7 Å². The van der Waals surface area contributed by atoms with E-state index in [4.69, 9.17) is 21.0 Å². The highest BCUT2D eigenvalue weighted by Gasteiger charge is 2.27. The smallest absolute Gasteiger partial charge is 0.226 e. The van der Waals surface area contributed by atoms with Crippen LogP contribution < -0.4 is 0 Å². The van der Waals surface area contributed by atoms with E-state index in [0.717, 1.165) is 62.6 Å². The summed E-state index contributed by atoms with van der Waals surface area (Å²) < 4.78 is 5.90. The number of carbonyl (C=O) groups excluding carboxylic acids is 1. The van der Waals surface area contributed by atoms with Crippen molar-refractivity contribution < 1.29 is 9.21 Å². The molecule has 0 bridgehead atoms. The molecule has 2 fully saturated rings. The quantitative estimate of drug-likeness (QED) is 0.773. The molecule has 2 aromatic rings. The maximum atomic E-state index is 11.9. The van der Waals surface area contributed by atoms with Gasteiger partial charge in [0.2, 0.25) is 11.8 Å². The van der Waals surface area contributed by atoms with Gasteiger partial charge in [-0.2, -0.15) is 0 Å². The molecular formula is C21H26ClN3O2. The van der Waals surface area contributed by atoms with E-state index in [9.17, 15) is 4.79 Å². The van der Waals surface area contributed by atoms with Crippen LogP contribution in [-0.4, -0.2) is 46.9 Å². The van der Waals surface area contributed by atoms with Crippen LogP contribution in [0, 0.1) is 12.8 Å². The van der Waals surface area contributed by atoms with Gasteiger partial charge < -0.3 is 9.32 Å². The van der Waals surface area contributed by atoms with E-state index in [-0.39, 0.29) is 0 Å². The standard InChI is InChI=1S/C21H26ClN3O2/c1-15-19(23-21(27-15)17-6-8-18(22)9-7-17)14-24-10-2-4-16(12-24)13-25-11-3-5-20(25)26/h6-9,16H,2-5,10-14H2,1H3/t16-/m1/s1. The van der Waals surface area contributed by atoms with Crippen LogP contribution in [-0.2, 0) is 11.3 Å². The molecule has 0 spiro atoms. The fraction of sp³-hybridized carbons (Fsp3) is 0.524. The number of hydrogen-bond donors (Lipinski definition) is 0. The van der Waals surface area contributed by atoms with Crippen molar-refractivity contribution in [2.24, 2.45) is 5.92 Å². The van der Waals surface area contributed by atoms with E-state index in [1.807, 2.05) is 36.1 Å². The summed E-state index contributed by atoms with van der Waals surface area (Å²) in [4.78, 5) is 21.1. The Bertz CT molecular complexity index is 802. The Morgan fingerprint density at radius 1 is 1.22 bits per heavy atom. The van der Waals surface area contributed by atoms with Gasteiger partial charge >= 0.3 is 0 Å². The topological polar surface area (TPSA) is 49.6 Å². The van der Waals surface area contributed by atoms with Gasteiger partial charge in [-0.05, 0) is 62.9 Å². The van der Waals surface area contributed by atoms with Gasteiger partial charge in [-0.15, -0.1) is 0 Å². The van der Waals surface area contributed by atoms with Crippen LogP contribution in [0.4, 0.5) is 0 Å². The van der Waals surface area contributed by atoms with E-state index in [0.29, 0.717) is 22.7 Å². The first-order valence-corrected chi connectivity index (χ1v) is 10.2. The molecule has 0 unspecified atom stereocenters. The second kappa shape index (κ2) is 8.03. The van der Waals surface area contributed by atoms with Crippen LogP contribution in [0.15, 0.2) is 28.7 Å². The zero-order chi connectivity index (χ0) is 18.8. The Labute approximate surface area is 165 Å². The Kier molecular flexibility index (Phi) is 5.50. The van der Waals surface area contributed by atoms with Crippen molar-refractivity contribution in [2.75, 3.05) is 26.2 Å². The number of halogens is 1. The molecule has 0 saturated carbocycles. The number of nitrogens with zero attached hydrogens (tertiary/aromatic N) is 3. The largest absolute Gasteiger partial charge is 0.441 e. The second-order valence-electron chi connectivity index (χ2n) is 7.72. The molecule has 2 aliphatic rings. The van der Waals surface area contributed by atoms with Crippen molar-refractivity contribution in [3.63, 3.8) is 0 Å². The Balaban J connectivity index is 1.39. The third kappa shape index (κ3) is 4.36. The van der Waals surface area contributed by atoms with Crippen LogP contribution in [0.2, 0.25) is 5.02 Å². The number of rotatable bonds is 5. The number of hydrogen-bond acceptors (Lipinski definition) is 4. The lowest BCUT2D eigenvalue weighted by Gasteiger charge is -2.34. The maximum Gasteiger partial charge on any atom is 0.226 e. The summed E-state index contributed by atoms with van der Waals surface area (Å²) in [5, 5.41) is 0.707. The molecule has 0 radical (unpaired) electrons. The monoisotopic (exact) mass is 387 g/mol. The molecule has 2 saturated heterocycles. The second-order valence-corrected chi connectivity index (χ2v) is 8.15. The van der Waals surface area contributed by atoms with Crippen LogP contribution >= 0.6 is 11.6 Å². The Morgan fingerprint density at radius 2 is 2.04 bits per heavy atom. The molecule has 4 rings (SSSR count). The van der Waals surface area contributed by atoms with E-state index >= 15 is 0 Å². The minimum absolute atomic E-state index is 0.326. The lowest BCUT2D eigenvalue weighted by atomic mass is 9.97. The van der Waals surface area contributed by atoms with E-state index < -0.39 is 0 Å². The minimum Gasteiger partial charge on any atom is -0.441 e. The maximum absolute atomic E-state index is 11.9. The van der Waals surface area contributed by atoms with Crippen molar-refractivity contribution in [2.45, 2.75) is 39.2 Å². The number of aryl methyl sites for hydroxylation is 1. The Morgan fingerprint density at radius 3 is 2.78 bits per heavy atom. The molecule has 5 nitrogen and oxygen atoms in total. The number of piperidine rings is 1. The van der Waals surface area contributed by atoms with E-state index in [1.165, 1.54) is 12.8 Å². The van der Waals surface area contributed by atoms with E-state index in [1.54, 1.807) is 0 Å². The lowest BCUT2D eigenvalue weighted by molar-refractivity contribution is -0.128. The molecule has 27 heavy (non-hydrogen) atoms. The summed E-state index contributed by atoms with van der Waals surface area (Å²) in [6, 6.07) is 7.57. The molecule has 1 amide bonds. The van der Waals surface area contributed by atoms with Gasteiger partial charge in [-0.25, -0.2) is 4.98 Å². The summed E-state index contributed by atoms with van der Waals surface area (Å²) >= 11 is 5.97. The molecule has 1 aromatic carbocycles. The predicted octanol–water partition coefficient (Wildman–Crippen LogP) is 4.14. The highest BCUT2D eigenvalue weighted by atomic mass is 35.5. The first kappa shape index (κ1) is 18.5. The molecule has 3 heterocycles. The van der Waals surface area contributed by atoms with Crippen LogP contribution in [0.1, 0.15) is 37.1 Å². The summed E-state index contributed by atoms with van der Waals surface area (Å²) in [7, 11) is 0. The van der Waals surface area contributed by atoms with Crippen molar-refractivity contribution in [1.29, 1.82) is 0 Å². The molecule has 0 N–H and O–H groups in total. The zero-order valence-electron chi connectivity index (χ0n) is 15.8. The molecule has 144 valence electrons. The molecule has 0 aliphatic carbocycles. The third-order valence-electron chi connectivity index (χ3n) is 5.61. The predicted molar refractivity (Wildman–Crippen MR) is 106 cm³/mol. The van der Waals surface area contributed by atoms with Crippen LogP contribution in [0.25, 0.3) is 11.5 Å².